The van der Waals surface area contributed by atoms with Gasteiger partial charge in [-0.25, -0.2) is 4.79 Å². The molecule has 2 aromatic rings. The van der Waals surface area contributed by atoms with E-state index >= 15 is 0 Å². The van der Waals surface area contributed by atoms with Gasteiger partial charge in [-0.3, -0.25) is 0 Å². The summed E-state index contributed by atoms with van der Waals surface area (Å²) in [5.74, 6) is -0.601. The molecular weight excluding hydrogens is 340 g/mol. The number of anilines is 1. The number of aryl methyl sites for hydroxylation is 1. The van der Waals surface area contributed by atoms with Crippen LogP contribution in [0.3, 0.4) is 0 Å². The molecular formula is C15H17ClN2O4S. The van der Waals surface area contributed by atoms with E-state index in [-0.39, 0.29) is 22.8 Å². The number of halogens is 1. The molecule has 0 unspecified atom stereocenters. The summed E-state index contributed by atoms with van der Waals surface area (Å²) < 4.78 is 31.2. The van der Waals surface area contributed by atoms with Gasteiger partial charge in [-0.05, 0) is 32.9 Å². The predicted octanol–water partition coefficient (Wildman–Crippen LogP) is 3.16. The van der Waals surface area contributed by atoms with Gasteiger partial charge in [-0.2, -0.15) is 12.2 Å². The third-order valence-corrected chi connectivity index (χ3v) is 5.78. The molecule has 0 atom stereocenters. The number of nitrogens with one attached hydrogen (secondary N) is 1. The van der Waals surface area contributed by atoms with Gasteiger partial charge in [0.2, 0.25) is 0 Å². The van der Waals surface area contributed by atoms with Crippen LogP contribution >= 0.6 is 11.8 Å². The van der Waals surface area contributed by atoms with Crippen molar-refractivity contribution in [1.82, 2.24) is 4.98 Å². The molecule has 23 heavy (non-hydrogen) atoms. The molecule has 1 aromatic carbocycles. The second-order valence-corrected chi connectivity index (χ2v) is 7.12. The van der Waals surface area contributed by atoms with E-state index in [1.54, 1.807) is 51.1 Å². The van der Waals surface area contributed by atoms with Gasteiger partial charge in [0.05, 0.1) is 12.3 Å². The smallest absolute Gasteiger partial charge is 0.355 e. The van der Waals surface area contributed by atoms with Crippen molar-refractivity contribution < 1.29 is 17.9 Å². The highest BCUT2D eigenvalue weighted by molar-refractivity contribution is 7.94. The van der Waals surface area contributed by atoms with Crippen LogP contribution in [-0.2, 0) is 14.8 Å². The first-order valence-corrected chi connectivity index (χ1v) is 8.71. The predicted molar refractivity (Wildman–Crippen MR) is 88.2 cm³/mol. The van der Waals surface area contributed by atoms with E-state index in [2.05, 4.69) is 4.98 Å². The van der Waals surface area contributed by atoms with Gasteiger partial charge in [0.15, 0.2) is 0 Å². The van der Waals surface area contributed by atoms with Crippen LogP contribution in [0, 0.1) is 13.8 Å². The third kappa shape index (κ3) is 3.20. The quantitative estimate of drug-likeness (QED) is 0.659. The van der Waals surface area contributed by atoms with E-state index in [1.165, 1.54) is 0 Å². The third-order valence-electron chi connectivity index (χ3n) is 3.28. The molecule has 0 bridgehead atoms. The minimum absolute atomic E-state index is 0.0283. The lowest BCUT2D eigenvalue weighted by molar-refractivity contribution is 0.0519. The minimum atomic E-state index is -4.02. The second-order valence-electron chi connectivity index (χ2n) is 4.86. The lowest BCUT2D eigenvalue weighted by Crippen LogP contribution is -2.22. The Morgan fingerprint density at radius 3 is 2.43 bits per heavy atom. The summed E-state index contributed by atoms with van der Waals surface area (Å²) in [5, 5.41) is 0. The molecule has 0 aliphatic rings. The van der Waals surface area contributed by atoms with Crippen LogP contribution in [0.25, 0.3) is 0 Å². The van der Waals surface area contributed by atoms with Crippen LogP contribution in [0.5, 0.6) is 0 Å². The number of hydrogen-bond acceptors (Lipinski definition) is 4. The van der Waals surface area contributed by atoms with Crippen molar-refractivity contribution >= 4 is 33.5 Å². The molecule has 0 saturated heterocycles. The number of aromatic amines is 1. The summed E-state index contributed by atoms with van der Waals surface area (Å²) in [6.07, 6.45) is 0. The Bertz CT molecular complexity index is 816. The molecule has 8 heteroatoms. The fraction of sp³-hybridized carbons (Fsp3) is 0.267. The zero-order chi connectivity index (χ0) is 17.2. The molecule has 1 aromatic heterocycles. The fourth-order valence-corrected chi connectivity index (χ4v) is 4.10. The lowest BCUT2D eigenvalue weighted by atomic mass is 10.2. The maximum absolute atomic E-state index is 12.8. The van der Waals surface area contributed by atoms with E-state index in [9.17, 15) is 13.2 Å². The van der Waals surface area contributed by atoms with E-state index in [4.69, 9.17) is 16.5 Å². The van der Waals surface area contributed by atoms with Crippen molar-refractivity contribution in [3.8, 4) is 0 Å². The van der Waals surface area contributed by atoms with E-state index < -0.39 is 16.0 Å². The summed E-state index contributed by atoms with van der Waals surface area (Å²) in [5.41, 5.74) is 1.03. The number of para-hydroxylation sites is 1. The molecule has 124 valence electrons. The molecule has 0 fully saturated rings. The molecule has 2 rings (SSSR count). The zero-order valence-corrected chi connectivity index (χ0v) is 14.5. The normalized spacial score (nSPS) is 11.3. The van der Waals surface area contributed by atoms with Gasteiger partial charge in [-0.1, -0.05) is 18.2 Å². The van der Waals surface area contributed by atoms with Crippen LogP contribution in [0.1, 0.15) is 28.7 Å². The van der Waals surface area contributed by atoms with Gasteiger partial charge in [0.1, 0.15) is 10.6 Å². The van der Waals surface area contributed by atoms with Crippen LogP contribution in [0.15, 0.2) is 35.2 Å². The number of ether oxygens (including phenoxy) is 1. The zero-order valence-electron chi connectivity index (χ0n) is 13.0. The van der Waals surface area contributed by atoms with Crippen molar-refractivity contribution in [3.63, 3.8) is 0 Å². The first-order valence-electron chi connectivity index (χ1n) is 6.93. The van der Waals surface area contributed by atoms with E-state index in [1.807, 2.05) is 0 Å². The van der Waals surface area contributed by atoms with Crippen molar-refractivity contribution in [2.24, 2.45) is 0 Å². The molecule has 0 amide bonds. The number of hydrogen-bond donors (Lipinski definition) is 1. The van der Waals surface area contributed by atoms with Gasteiger partial charge in [0.25, 0.3) is 10.0 Å². The lowest BCUT2D eigenvalue weighted by Gasteiger charge is -2.16. The standard InChI is InChI=1S/C15H17ClN2O4S/c1-4-22-15(19)13-10(2)14(11(3)17-13)23(20,21)18(16)12-8-6-5-7-9-12/h5-9,17H,4H2,1-3H3. The van der Waals surface area contributed by atoms with Gasteiger partial charge in [-0.15, -0.1) is 0 Å². The number of nitrogens with zero attached hydrogens (tertiary/aromatic N) is 1. The molecule has 1 heterocycles. The van der Waals surface area contributed by atoms with E-state index in [0.29, 0.717) is 15.2 Å². The summed E-state index contributed by atoms with van der Waals surface area (Å²) in [6, 6.07) is 8.27. The maximum atomic E-state index is 12.8. The van der Waals surface area contributed by atoms with E-state index in [0.717, 1.165) is 0 Å². The van der Waals surface area contributed by atoms with Crippen molar-refractivity contribution in [2.45, 2.75) is 25.7 Å². The Labute approximate surface area is 140 Å². The largest absolute Gasteiger partial charge is 0.461 e. The van der Waals surface area contributed by atoms with Crippen molar-refractivity contribution in [3.05, 3.63) is 47.3 Å². The molecule has 0 radical (unpaired) electrons. The number of carbonyl (C=O) groups is 1. The van der Waals surface area contributed by atoms with Crippen molar-refractivity contribution in [1.29, 1.82) is 0 Å². The summed E-state index contributed by atoms with van der Waals surface area (Å²) >= 11 is 6.04. The highest BCUT2D eigenvalue weighted by atomic mass is 35.5. The fourth-order valence-electron chi connectivity index (χ4n) is 2.29. The van der Waals surface area contributed by atoms with Crippen LogP contribution in [-0.4, -0.2) is 26.0 Å². The Hall–Kier alpha value is -1.99. The topological polar surface area (TPSA) is 79.5 Å². The summed E-state index contributed by atoms with van der Waals surface area (Å²) in [6.45, 7) is 4.98. The van der Waals surface area contributed by atoms with Gasteiger partial charge >= 0.3 is 5.97 Å². The average molecular weight is 357 g/mol. The molecule has 0 saturated carbocycles. The van der Waals surface area contributed by atoms with Gasteiger partial charge in [0, 0.05) is 23.0 Å². The number of aromatic nitrogens is 1. The maximum Gasteiger partial charge on any atom is 0.355 e. The SMILES string of the molecule is CCOC(=O)c1[nH]c(C)c(S(=O)(=O)N(Cl)c2ccccc2)c1C. The number of H-pyrrole nitrogens is 1. The minimum Gasteiger partial charge on any atom is -0.461 e. The number of carbonyl (C=O) groups excluding carboxylic acids is 1. The Balaban J connectivity index is 2.51. The highest BCUT2D eigenvalue weighted by Gasteiger charge is 2.31. The van der Waals surface area contributed by atoms with Crippen LogP contribution in [0.2, 0.25) is 0 Å². The Morgan fingerprint density at radius 2 is 1.87 bits per heavy atom. The molecule has 0 aliphatic carbocycles. The number of benzene rings is 1. The first-order chi connectivity index (χ1) is 10.8. The van der Waals surface area contributed by atoms with Gasteiger partial charge < -0.3 is 9.72 Å². The van der Waals surface area contributed by atoms with Crippen LogP contribution < -0.4 is 3.82 Å². The summed E-state index contributed by atoms with van der Waals surface area (Å²) in [4.78, 5) is 14.6. The first kappa shape index (κ1) is 17.4. The second kappa shape index (κ2) is 6.64. The number of rotatable bonds is 5. The Kier molecular flexibility index (Phi) is 5.01. The highest BCUT2D eigenvalue weighted by Crippen LogP contribution is 2.31. The molecule has 0 aliphatic heterocycles. The summed E-state index contributed by atoms with van der Waals surface area (Å²) in [7, 11) is -4.02. The monoisotopic (exact) mass is 356 g/mol. The Morgan fingerprint density at radius 1 is 1.26 bits per heavy atom. The molecule has 6 nitrogen and oxygen atoms in total. The average Bonchev–Trinajstić information content (AvgIpc) is 2.83. The number of sulfonamides is 1. The van der Waals surface area contributed by atoms with Crippen LogP contribution in [0.4, 0.5) is 5.69 Å². The molecule has 1 N–H and O–H groups in total. The molecule has 0 spiro atoms. The van der Waals surface area contributed by atoms with Crippen molar-refractivity contribution in [2.75, 3.05) is 10.4 Å². The number of esters is 1.